The van der Waals surface area contributed by atoms with Gasteiger partial charge in [-0.25, -0.2) is 8.42 Å². The molecule has 0 radical (unpaired) electrons. The quantitative estimate of drug-likeness (QED) is 0.782. The van der Waals surface area contributed by atoms with E-state index in [1.165, 1.54) is 0 Å². The molecule has 2 aromatic rings. The maximum atomic E-state index is 12.5. The molecule has 0 atom stereocenters. The number of carbonyl (C=O) groups excluding carboxylic acids is 1. The number of carbonyl (C=O) groups is 1. The van der Waals surface area contributed by atoms with Crippen LogP contribution in [-0.2, 0) is 21.2 Å². The summed E-state index contributed by atoms with van der Waals surface area (Å²) >= 11 is 0. The molecule has 0 bridgehead atoms. The molecular weight excluding hydrogens is 336 g/mol. The summed E-state index contributed by atoms with van der Waals surface area (Å²) in [5.41, 5.74) is 2.07. The van der Waals surface area contributed by atoms with E-state index in [0.29, 0.717) is 23.7 Å². The summed E-state index contributed by atoms with van der Waals surface area (Å²) in [5.74, 6) is 0.391. The SMILES string of the molecule is CCC(=O)Nc1cccc(NS(=O)(=O)c2ccc(CC(C)C)cc2)c1. The molecule has 0 aliphatic carbocycles. The van der Waals surface area contributed by atoms with Crippen LogP contribution in [0.25, 0.3) is 0 Å². The first-order chi connectivity index (χ1) is 11.8. The molecule has 2 N–H and O–H groups in total. The fourth-order valence-electron chi connectivity index (χ4n) is 2.40. The Morgan fingerprint density at radius 3 is 2.28 bits per heavy atom. The molecule has 0 fully saturated rings. The second-order valence-corrected chi connectivity index (χ2v) is 8.01. The molecule has 0 aromatic heterocycles. The van der Waals surface area contributed by atoms with Crippen LogP contribution < -0.4 is 10.0 Å². The Bertz CT molecular complexity index is 828. The molecular formula is C19H24N2O3S. The monoisotopic (exact) mass is 360 g/mol. The number of sulfonamides is 1. The van der Waals surface area contributed by atoms with Crippen molar-refractivity contribution in [1.29, 1.82) is 0 Å². The second-order valence-electron chi connectivity index (χ2n) is 6.33. The lowest BCUT2D eigenvalue weighted by molar-refractivity contribution is -0.115. The van der Waals surface area contributed by atoms with Crippen molar-refractivity contribution >= 4 is 27.3 Å². The highest BCUT2D eigenvalue weighted by Gasteiger charge is 2.14. The van der Waals surface area contributed by atoms with Crippen molar-refractivity contribution in [2.75, 3.05) is 10.0 Å². The number of nitrogens with one attached hydrogen (secondary N) is 2. The van der Waals surface area contributed by atoms with Crippen molar-refractivity contribution in [3.05, 3.63) is 54.1 Å². The Hall–Kier alpha value is -2.34. The summed E-state index contributed by atoms with van der Waals surface area (Å²) in [6.07, 6.45) is 1.27. The summed E-state index contributed by atoms with van der Waals surface area (Å²) in [6.45, 7) is 6.00. The van der Waals surface area contributed by atoms with Gasteiger partial charge < -0.3 is 5.32 Å². The molecule has 0 unspecified atom stereocenters. The van der Waals surface area contributed by atoms with Crippen LogP contribution in [0.1, 0.15) is 32.8 Å². The van der Waals surface area contributed by atoms with E-state index in [1.54, 1.807) is 43.3 Å². The largest absolute Gasteiger partial charge is 0.326 e. The Morgan fingerprint density at radius 2 is 1.68 bits per heavy atom. The van der Waals surface area contributed by atoms with Crippen LogP contribution in [0, 0.1) is 5.92 Å². The molecule has 0 saturated heterocycles. The molecule has 1 amide bonds. The first-order valence-electron chi connectivity index (χ1n) is 8.32. The van der Waals surface area contributed by atoms with Gasteiger partial charge in [-0.15, -0.1) is 0 Å². The number of anilines is 2. The number of hydrogen-bond acceptors (Lipinski definition) is 3. The summed E-state index contributed by atoms with van der Waals surface area (Å²) in [6, 6.07) is 13.6. The highest BCUT2D eigenvalue weighted by Crippen LogP contribution is 2.20. The summed E-state index contributed by atoms with van der Waals surface area (Å²) in [4.78, 5) is 11.7. The molecule has 0 saturated carbocycles. The third-order valence-electron chi connectivity index (χ3n) is 3.60. The van der Waals surface area contributed by atoms with Gasteiger partial charge in [-0.1, -0.05) is 39.0 Å². The molecule has 0 heterocycles. The van der Waals surface area contributed by atoms with Crippen LogP contribution in [-0.4, -0.2) is 14.3 Å². The molecule has 25 heavy (non-hydrogen) atoms. The Kier molecular flexibility index (Phi) is 6.20. The number of hydrogen-bond donors (Lipinski definition) is 2. The minimum atomic E-state index is -3.67. The van der Waals surface area contributed by atoms with Crippen LogP contribution in [0.3, 0.4) is 0 Å². The maximum absolute atomic E-state index is 12.5. The fourth-order valence-corrected chi connectivity index (χ4v) is 3.45. The standard InChI is InChI=1S/C19H24N2O3S/c1-4-19(22)20-16-6-5-7-17(13-16)21-25(23,24)18-10-8-15(9-11-18)12-14(2)3/h5-11,13-14,21H,4,12H2,1-3H3,(H,20,22). The van der Waals surface area contributed by atoms with E-state index in [4.69, 9.17) is 0 Å². The zero-order valence-corrected chi connectivity index (χ0v) is 15.6. The predicted molar refractivity (Wildman–Crippen MR) is 101 cm³/mol. The van der Waals surface area contributed by atoms with Gasteiger partial charge in [-0.2, -0.15) is 0 Å². The zero-order chi connectivity index (χ0) is 18.4. The average Bonchev–Trinajstić information content (AvgIpc) is 2.54. The van der Waals surface area contributed by atoms with Gasteiger partial charge in [0.15, 0.2) is 0 Å². The second kappa shape index (κ2) is 8.16. The molecule has 5 nitrogen and oxygen atoms in total. The van der Waals surface area contributed by atoms with Gasteiger partial charge in [-0.3, -0.25) is 9.52 Å². The highest BCUT2D eigenvalue weighted by molar-refractivity contribution is 7.92. The van der Waals surface area contributed by atoms with Gasteiger partial charge in [0.25, 0.3) is 10.0 Å². The van der Waals surface area contributed by atoms with Gasteiger partial charge >= 0.3 is 0 Å². The molecule has 0 aliphatic rings. The van der Waals surface area contributed by atoms with Crippen molar-refractivity contribution in [2.45, 2.75) is 38.5 Å². The van der Waals surface area contributed by atoms with Gasteiger partial charge in [0, 0.05) is 12.1 Å². The Morgan fingerprint density at radius 1 is 1.04 bits per heavy atom. The van der Waals surface area contributed by atoms with Crippen molar-refractivity contribution in [2.24, 2.45) is 5.92 Å². The van der Waals surface area contributed by atoms with Crippen LogP contribution in [0.15, 0.2) is 53.4 Å². The average molecular weight is 360 g/mol. The fraction of sp³-hybridized carbons (Fsp3) is 0.316. The van der Waals surface area contributed by atoms with Crippen molar-refractivity contribution < 1.29 is 13.2 Å². The van der Waals surface area contributed by atoms with E-state index in [2.05, 4.69) is 23.9 Å². The van der Waals surface area contributed by atoms with Gasteiger partial charge in [-0.05, 0) is 48.2 Å². The third-order valence-corrected chi connectivity index (χ3v) is 4.99. The number of benzene rings is 2. The van der Waals surface area contributed by atoms with Gasteiger partial charge in [0.1, 0.15) is 0 Å². The van der Waals surface area contributed by atoms with Crippen LogP contribution in [0.5, 0.6) is 0 Å². The summed E-state index contributed by atoms with van der Waals surface area (Å²) in [7, 11) is -3.67. The molecule has 2 rings (SSSR count). The van der Waals surface area contributed by atoms with Crippen molar-refractivity contribution in [3.8, 4) is 0 Å². The predicted octanol–water partition coefficient (Wildman–Crippen LogP) is 4.03. The van der Waals surface area contributed by atoms with E-state index < -0.39 is 10.0 Å². The minimum Gasteiger partial charge on any atom is -0.326 e. The van der Waals surface area contributed by atoms with Crippen LogP contribution >= 0.6 is 0 Å². The molecule has 6 heteroatoms. The Balaban J connectivity index is 2.15. The lowest BCUT2D eigenvalue weighted by Gasteiger charge is -2.11. The number of amides is 1. The Labute approximate surface area is 149 Å². The smallest absolute Gasteiger partial charge is 0.261 e. The molecule has 0 spiro atoms. The van der Waals surface area contributed by atoms with Crippen molar-refractivity contribution in [3.63, 3.8) is 0 Å². The normalized spacial score (nSPS) is 11.4. The topological polar surface area (TPSA) is 75.3 Å². The van der Waals surface area contributed by atoms with E-state index in [1.807, 2.05) is 12.1 Å². The zero-order valence-electron chi connectivity index (χ0n) is 14.7. The number of rotatable bonds is 7. The molecule has 0 aliphatic heterocycles. The minimum absolute atomic E-state index is 0.124. The van der Waals surface area contributed by atoms with Crippen LogP contribution in [0.2, 0.25) is 0 Å². The van der Waals surface area contributed by atoms with E-state index >= 15 is 0 Å². The summed E-state index contributed by atoms with van der Waals surface area (Å²) in [5, 5.41) is 2.71. The lowest BCUT2D eigenvalue weighted by Crippen LogP contribution is -2.14. The highest BCUT2D eigenvalue weighted by atomic mass is 32.2. The molecule has 134 valence electrons. The third kappa shape index (κ3) is 5.60. The first kappa shape index (κ1) is 19.0. The van der Waals surface area contributed by atoms with Gasteiger partial charge in [0.05, 0.1) is 10.6 Å². The molecule has 2 aromatic carbocycles. The van der Waals surface area contributed by atoms with E-state index in [9.17, 15) is 13.2 Å². The lowest BCUT2D eigenvalue weighted by atomic mass is 10.0. The maximum Gasteiger partial charge on any atom is 0.261 e. The summed E-state index contributed by atoms with van der Waals surface area (Å²) < 4.78 is 27.6. The van der Waals surface area contributed by atoms with Gasteiger partial charge in [0.2, 0.25) is 5.91 Å². The first-order valence-corrected chi connectivity index (χ1v) is 9.80. The van der Waals surface area contributed by atoms with Crippen molar-refractivity contribution in [1.82, 2.24) is 0 Å². The van der Waals surface area contributed by atoms with E-state index in [-0.39, 0.29) is 10.8 Å². The van der Waals surface area contributed by atoms with Crippen LogP contribution in [0.4, 0.5) is 11.4 Å². The van der Waals surface area contributed by atoms with E-state index in [0.717, 1.165) is 12.0 Å².